The van der Waals surface area contributed by atoms with Gasteiger partial charge >= 0.3 is 0 Å². The van der Waals surface area contributed by atoms with Gasteiger partial charge in [-0.05, 0) is 44.0 Å². The van der Waals surface area contributed by atoms with Crippen LogP contribution in [0, 0.1) is 6.92 Å². The Hall–Kier alpha value is -0.950. The minimum Gasteiger partial charge on any atom is -0.383 e. The van der Waals surface area contributed by atoms with Gasteiger partial charge < -0.3 is 10.5 Å². The van der Waals surface area contributed by atoms with E-state index in [1.807, 2.05) is 6.92 Å². The quantitative estimate of drug-likeness (QED) is 0.822. The lowest BCUT2D eigenvalue weighted by molar-refractivity contribution is 0.141. The van der Waals surface area contributed by atoms with Crippen LogP contribution < -0.4 is 10.5 Å². The molecule has 0 aliphatic carbocycles. The molecule has 0 heterocycles. The van der Waals surface area contributed by atoms with E-state index in [2.05, 4.69) is 4.72 Å². The van der Waals surface area contributed by atoms with E-state index < -0.39 is 15.6 Å². The first-order chi connectivity index (χ1) is 8.72. The van der Waals surface area contributed by atoms with Gasteiger partial charge in [-0.3, -0.25) is 0 Å². The Balaban J connectivity index is 3.04. The highest BCUT2D eigenvalue weighted by Crippen LogP contribution is 2.17. The second-order valence-corrected chi connectivity index (χ2v) is 6.90. The van der Waals surface area contributed by atoms with Gasteiger partial charge in [0.15, 0.2) is 0 Å². The van der Waals surface area contributed by atoms with E-state index in [-0.39, 0.29) is 4.90 Å². The summed E-state index contributed by atoms with van der Waals surface area (Å²) in [4.78, 5) is 0.242. The van der Waals surface area contributed by atoms with Crippen LogP contribution in [0.2, 0.25) is 0 Å². The summed E-state index contributed by atoms with van der Waals surface area (Å²) < 4.78 is 32.2. The standard InChI is InChI=1S/C13H22N2O3S/c1-10-7-12(6-5-11(10)8-14)19(16,17)15-13(2,3)9-18-4/h5-7,15H,8-9,14H2,1-4H3. The maximum absolute atomic E-state index is 12.3. The molecule has 5 nitrogen and oxygen atoms in total. The van der Waals surface area contributed by atoms with Crippen LogP contribution in [0.4, 0.5) is 0 Å². The monoisotopic (exact) mass is 286 g/mol. The Bertz CT molecular complexity index is 539. The number of aryl methyl sites for hydroxylation is 1. The number of sulfonamides is 1. The van der Waals surface area contributed by atoms with E-state index >= 15 is 0 Å². The lowest BCUT2D eigenvalue weighted by Crippen LogP contribution is -2.46. The van der Waals surface area contributed by atoms with Gasteiger partial charge in [0.1, 0.15) is 0 Å². The van der Waals surface area contributed by atoms with E-state index in [4.69, 9.17) is 10.5 Å². The number of benzene rings is 1. The lowest BCUT2D eigenvalue weighted by Gasteiger charge is -2.25. The highest BCUT2D eigenvalue weighted by atomic mass is 32.2. The minimum absolute atomic E-state index is 0.242. The molecule has 0 atom stereocenters. The van der Waals surface area contributed by atoms with Crippen LogP contribution in [0.5, 0.6) is 0 Å². The zero-order valence-corrected chi connectivity index (χ0v) is 12.7. The van der Waals surface area contributed by atoms with Crippen molar-refractivity contribution in [1.29, 1.82) is 0 Å². The Labute approximate surface area is 115 Å². The van der Waals surface area contributed by atoms with E-state index in [1.165, 1.54) is 7.11 Å². The van der Waals surface area contributed by atoms with Gasteiger partial charge in [-0.15, -0.1) is 0 Å². The van der Waals surface area contributed by atoms with Crippen molar-refractivity contribution < 1.29 is 13.2 Å². The third-order valence-electron chi connectivity index (χ3n) is 2.76. The maximum Gasteiger partial charge on any atom is 0.241 e. The summed E-state index contributed by atoms with van der Waals surface area (Å²) in [5.74, 6) is 0. The van der Waals surface area contributed by atoms with Crippen molar-refractivity contribution in [2.75, 3.05) is 13.7 Å². The molecule has 0 spiro atoms. The fourth-order valence-corrected chi connectivity index (χ4v) is 3.36. The third kappa shape index (κ3) is 4.28. The van der Waals surface area contributed by atoms with Crippen LogP contribution in [-0.4, -0.2) is 27.7 Å². The van der Waals surface area contributed by atoms with E-state index in [0.29, 0.717) is 13.2 Å². The fraction of sp³-hybridized carbons (Fsp3) is 0.538. The van der Waals surface area contributed by atoms with E-state index in [9.17, 15) is 8.42 Å². The second-order valence-electron chi connectivity index (χ2n) is 5.21. The molecule has 1 aromatic carbocycles. The summed E-state index contributed by atoms with van der Waals surface area (Å²) in [7, 11) is -2.02. The first-order valence-corrected chi connectivity index (χ1v) is 7.53. The Kier molecular flexibility index (Phi) is 5.09. The van der Waals surface area contributed by atoms with Crippen molar-refractivity contribution in [1.82, 2.24) is 4.72 Å². The molecule has 0 aliphatic rings. The number of hydrogen-bond donors (Lipinski definition) is 2. The summed E-state index contributed by atoms with van der Waals surface area (Å²) in [6, 6.07) is 4.95. The molecule has 0 aromatic heterocycles. The van der Waals surface area contributed by atoms with Gasteiger partial charge in [0.2, 0.25) is 10.0 Å². The van der Waals surface area contributed by atoms with Gasteiger partial charge in [-0.25, -0.2) is 13.1 Å². The number of hydrogen-bond acceptors (Lipinski definition) is 4. The third-order valence-corrected chi connectivity index (χ3v) is 4.46. The summed E-state index contributed by atoms with van der Waals surface area (Å²) in [6.07, 6.45) is 0. The van der Waals surface area contributed by atoms with Crippen molar-refractivity contribution in [3.8, 4) is 0 Å². The van der Waals surface area contributed by atoms with Crippen molar-refractivity contribution >= 4 is 10.0 Å². The van der Waals surface area contributed by atoms with Crippen molar-refractivity contribution in [3.63, 3.8) is 0 Å². The molecule has 0 bridgehead atoms. The average Bonchev–Trinajstić information content (AvgIpc) is 2.27. The number of rotatable bonds is 6. The van der Waals surface area contributed by atoms with Crippen molar-refractivity contribution in [2.45, 2.75) is 37.8 Å². The second kappa shape index (κ2) is 6.00. The molecular weight excluding hydrogens is 264 g/mol. The highest BCUT2D eigenvalue weighted by molar-refractivity contribution is 7.89. The fourth-order valence-electron chi connectivity index (χ4n) is 1.88. The van der Waals surface area contributed by atoms with E-state index in [1.54, 1.807) is 32.0 Å². The van der Waals surface area contributed by atoms with Crippen LogP contribution in [0.3, 0.4) is 0 Å². The zero-order valence-electron chi connectivity index (χ0n) is 11.9. The Morgan fingerprint density at radius 3 is 2.47 bits per heavy atom. The summed E-state index contributed by atoms with van der Waals surface area (Å²) in [6.45, 7) is 6.09. The Morgan fingerprint density at radius 2 is 2.00 bits per heavy atom. The number of nitrogens with one attached hydrogen (secondary N) is 1. The molecule has 0 radical (unpaired) electrons. The van der Waals surface area contributed by atoms with Crippen molar-refractivity contribution in [2.24, 2.45) is 5.73 Å². The predicted octanol–water partition coefficient (Wildman–Crippen LogP) is 1.16. The van der Waals surface area contributed by atoms with Gasteiger partial charge in [0, 0.05) is 13.7 Å². The topological polar surface area (TPSA) is 81.4 Å². The molecular formula is C13H22N2O3S. The molecule has 0 fully saturated rings. The zero-order chi connectivity index (χ0) is 14.7. The van der Waals surface area contributed by atoms with E-state index in [0.717, 1.165) is 11.1 Å². The molecule has 0 unspecified atom stereocenters. The molecule has 0 amide bonds. The largest absolute Gasteiger partial charge is 0.383 e. The predicted molar refractivity (Wildman–Crippen MR) is 75.3 cm³/mol. The molecule has 6 heteroatoms. The molecule has 0 saturated heterocycles. The number of nitrogens with two attached hydrogens (primary N) is 1. The average molecular weight is 286 g/mol. The van der Waals surface area contributed by atoms with Gasteiger partial charge in [0.05, 0.1) is 17.0 Å². The molecule has 1 rings (SSSR count). The normalized spacial score (nSPS) is 12.7. The number of ether oxygens (including phenoxy) is 1. The lowest BCUT2D eigenvalue weighted by atomic mass is 10.1. The van der Waals surface area contributed by atoms with Gasteiger partial charge in [-0.2, -0.15) is 0 Å². The minimum atomic E-state index is -3.56. The number of methoxy groups -OCH3 is 1. The molecule has 0 saturated carbocycles. The molecule has 3 N–H and O–H groups in total. The highest BCUT2D eigenvalue weighted by Gasteiger charge is 2.26. The SMILES string of the molecule is COCC(C)(C)NS(=O)(=O)c1ccc(CN)c(C)c1. The summed E-state index contributed by atoms with van der Waals surface area (Å²) >= 11 is 0. The van der Waals surface area contributed by atoms with Crippen LogP contribution in [0.15, 0.2) is 23.1 Å². The molecule has 19 heavy (non-hydrogen) atoms. The molecule has 0 aliphatic heterocycles. The Morgan fingerprint density at radius 1 is 1.37 bits per heavy atom. The smallest absolute Gasteiger partial charge is 0.241 e. The van der Waals surface area contributed by atoms with Gasteiger partial charge in [-0.1, -0.05) is 6.07 Å². The molecule has 108 valence electrons. The van der Waals surface area contributed by atoms with Crippen LogP contribution in [0.25, 0.3) is 0 Å². The van der Waals surface area contributed by atoms with Gasteiger partial charge in [0.25, 0.3) is 0 Å². The summed E-state index contributed by atoms with van der Waals surface area (Å²) in [5, 5.41) is 0. The van der Waals surface area contributed by atoms with Crippen molar-refractivity contribution in [3.05, 3.63) is 29.3 Å². The maximum atomic E-state index is 12.3. The summed E-state index contributed by atoms with van der Waals surface area (Å²) in [5.41, 5.74) is 6.72. The van der Waals surface area contributed by atoms with Crippen LogP contribution in [0.1, 0.15) is 25.0 Å². The van der Waals surface area contributed by atoms with Crippen LogP contribution in [-0.2, 0) is 21.3 Å². The van der Waals surface area contributed by atoms with Crippen LogP contribution >= 0.6 is 0 Å². The molecule has 1 aromatic rings. The first kappa shape index (κ1) is 16.1. The first-order valence-electron chi connectivity index (χ1n) is 6.04.